The monoisotopic (exact) mass is 188 g/mol. The maximum Gasteiger partial charge on any atom is 0.199 e. The summed E-state index contributed by atoms with van der Waals surface area (Å²) in [6.07, 6.45) is -1.78. The summed E-state index contributed by atoms with van der Waals surface area (Å²) in [5.41, 5.74) is -0.420. The van der Waals surface area contributed by atoms with E-state index in [0.29, 0.717) is 6.07 Å². The Morgan fingerprint density at radius 2 is 2.00 bits per heavy atom. The molecule has 0 radical (unpaired) electrons. The lowest BCUT2D eigenvalue weighted by Gasteiger charge is -2.02. The van der Waals surface area contributed by atoms with E-state index in [1.165, 1.54) is 0 Å². The Morgan fingerprint density at radius 1 is 1.38 bits per heavy atom. The van der Waals surface area contributed by atoms with Gasteiger partial charge in [0.05, 0.1) is 5.56 Å². The number of carbonyl (C=O) groups excluding carboxylic acids is 1. The van der Waals surface area contributed by atoms with E-state index < -0.39 is 29.2 Å². The van der Waals surface area contributed by atoms with Gasteiger partial charge in [0.15, 0.2) is 12.0 Å². The van der Waals surface area contributed by atoms with Crippen molar-refractivity contribution in [2.75, 3.05) is 0 Å². The Labute approximate surface area is 73.2 Å². The van der Waals surface area contributed by atoms with Crippen LogP contribution in [0.5, 0.6) is 0 Å². The Hall–Kier alpha value is -1.32. The third-order valence-corrected chi connectivity index (χ3v) is 1.56. The molecule has 0 aliphatic rings. The van der Waals surface area contributed by atoms with Gasteiger partial charge >= 0.3 is 0 Å². The Balaban J connectivity index is 3.09. The summed E-state index contributed by atoms with van der Waals surface area (Å²) in [4.78, 5) is 10.9. The number of benzene rings is 1. The lowest BCUT2D eigenvalue weighted by Crippen LogP contribution is -2.13. The van der Waals surface area contributed by atoms with Crippen molar-refractivity contribution >= 4 is 5.78 Å². The van der Waals surface area contributed by atoms with Crippen LogP contribution in [0.25, 0.3) is 0 Å². The number of alkyl halides is 1. The van der Waals surface area contributed by atoms with Crippen molar-refractivity contribution in [3.05, 3.63) is 35.4 Å². The van der Waals surface area contributed by atoms with Crippen molar-refractivity contribution in [1.82, 2.24) is 0 Å². The number of carbonyl (C=O) groups is 1. The molecular formula is C9H7F3O. The van der Waals surface area contributed by atoms with Gasteiger partial charge in [0.25, 0.3) is 0 Å². The summed E-state index contributed by atoms with van der Waals surface area (Å²) < 4.78 is 37.7. The lowest BCUT2D eigenvalue weighted by molar-refractivity contribution is 0.0888. The van der Waals surface area contributed by atoms with Gasteiger partial charge in [0.1, 0.15) is 11.6 Å². The molecule has 0 saturated carbocycles. The topological polar surface area (TPSA) is 17.1 Å². The molecule has 0 saturated heterocycles. The second kappa shape index (κ2) is 3.60. The van der Waals surface area contributed by atoms with Crippen LogP contribution in [0.1, 0.15) is 17.3 Å². The van der Waals surface area contributed by atoms with E-state index in [0.717, 1.165) is 19.1 Å². The average Bonchev–Trinajstić information content (AvgIpc) is 2.03. The van der Waals surface area contributed by atoms with Crippen LogP contribution in [0.3, 0.4) is 0 Å². The summed E-state index contributed by atoms with van der Waals surface area (Å²) in [5, 5.41) is 0. The van der Waals surface area contributed by atoms with Gasteiger partial charge in [-0.15, -0.1) is 0 Å². The van der Waals surface area contributed by atoms with Gasteiger partial charge in [-0.1, -0.05) is 0 Å². The number of ketones is 1. The van der Waals surface area contributed by atoms with Crippen LogP contribution in [0.2, 0.25) is 0 Å². The van der Waals surface area contributed by atoms with Gasteiger partial charge in [-0.2, -0.15) is 0 Å². The van der Waals surface area contributed by atoms with Gasteiger partial charge in [-0.05, 0) is 19.1 Å². The highest BCUT2D eigenvalue weighted by atomic mass is 19.1. The second-order valence-electron chi connectivity index (χ2n) is 2.60. The molecule has 0 N–H and O–H groups in total. The van der Waals surface area contributed by atoms with E-state index in [1.54, 1.807) is 0 Å². The number of halogens is 3. The summed E-state index contributed by atoms with van der Waals surface area (Å²) in [6, 6.07) is 2.40. The van der Waals surface area contributed by atoms with Crippen molar-refractivity contribution in [3.8, 4) is 0 Å². The van der Waals surface area contributed by atoms with Gasteiger partial charge in [-0.25, -0.2) is 13.2 Å². The molecule has 0 aliphatic heterocycles. The fourth-order valence-electron chi connectivity index (χ4n) is 0.904. The zero-order chi connectivity index (χ0) is 10.0. The van der Waals surface area contributed by atoms with Crippen LogP contribution >= 0.6 is 0 Å². The third kappa shape index (κ3) is 2.08. The molecule has 1 rings (SSSR count). The Morgan fingerprint density at radius 3 is 2.46 bits per heavy atom. The quantitative estimate of drug-likeness (QED) is 0.651. The van der Waals surface area contributed by atoms with Crippen molar-refractivity contribution < 1.29 is 18.0 Å². The average molecular weight is 188 g/mol. The standard InChI is InChI=1S/C9H7F3O/c1-5(10)9(13)7-3-2-6(11)4-8(7)12/h2-5H,1H3. The highest BCUT2D eigenvalue weighted by molar-refractivity contribution is 5.99. The maximum absolute atomic E-state index is 12.8. The normalized spacial score (nSPS) is 12.6. The largest absolute Gasteiger partial charge is 0.291 e. The molecule has 0 spiro atoms. The second-order valence-corrected chi connectivity index (χ2v) is 2.60. The van der Waals surface area contributed by atoms with Crippen molar-refractivity contribution in [1.29, 1.82) is 0 Å². The minimum Gasteiger partial charge on any atom is -0.291 e. The molecule has 0 amide bonds. The molecule has 0 aromatic heterocycles. The fraction of sp³-hybridized carbons (Fsp3) is 0.222. The molecule has 1 unspecified atom stereocenters. The number of Topliss-reactive ketones (excluding diaryl/α,β-unsaturated/α-hetero) is 1. The molecule has 0 aliphatic carbocycles. The number of hydrogen-bond donors (Lipinski definition) is 0. The van der Waals surface area contributed by atoms with Crippen LogP contribution in [-0.2, 0) is 0 Å². The third-order valence-electron chi connectivity index (χ3n) is 1.56. The van der Waals surface area contributed by atoms with Gasteiger partial charge in [-0.3, -0.25) is 4.79 Å². The first kappa shape index (κ1) is 9.77. The van der Waals surface area contributed by atoms with E-state index >= 15 is 0 Å². The minimum absolute atomic E-state index is 0.420. The molecule has 1 atom stereocenters. The van der Waals surface area contributed by atoms with Crippen LogP contribution in [0, 0.1) is 11.6 Å². The van der Waals surface area contributed by atoms with Gasteiger partial charge < -0.3 is 0 Å². The zero-order valence-electron chi connectivity index (χ0n) is 6.85. The SMILES string of the molecule is CC(F)C(=O)c1ccc(F)cc1F. The molecule has 70 valence electrons. The summed E-state index contributed by atoms with van der Waals surface area (Å²) in [7, 11) is 0. The first-order valence-corrected chi connectivity index (χ1v) is 3.65. The molecular weight excluding hydrogens is 181 g/mol. The van der Waals surface area contributed by atoms with Crippen molar-refractivity contribution in [2.24, 2.45) is 0 Å². The van der Waals surface area contributed by atoms with Crippen LogP contribution in [-0.4, -0.2) is 12.0 Å². The summed E-state index contributed by atoms with van der Waals surface area (Å²) in [5.74, 6) is -2.80. The predicted octanol–water partition coefficient (Wildman–Crippen LogP) is 2.51. The minimum atomic E-state index is -1.78. The number of rotatable bonds is 2. The maximum atomic E-state index is 12.8. The number of hydrogen-bond acceptors (Lipinski definition) is 1. The van der Waals surface area contributed by atoms with Crippen LogP contribution < -0.4 is 0 Å². The molecule has 1 aromatic carbocycles. The van der Waals surface area contributed by atoms with E-state index in [2.05, 4.69) is 0 Å². The Bertz CT molecular complexity index is 334. The molecule has 0 bridgehead atoms. The molecule has 0 fully saturated rings. The van der Waals surface area contributed by atoms with Crippen LogP contribution in [0.15, 0.2) is 18.2 Å². The molecule has 4 heteroatoms. The molecule has 13 heavy (non-hydrogen) atoms. The van der Waals surface area contributed by atoms with Gasteiger partial charge in [0.2, 0.25) is 0 Å². The van der Waals surface area contributed by atoms with Crippen molar-refractivity contribution in [2.45, 2.75) is 13.1 Å². The Kier molecular flexibility index (Phi) is 2.70. The molecule has 0 heterocycles. The summed E-state index contributed by atoms with van der Waals surface area (Å²) >= 11 is 0. The van der Waals surface area contributed by atoms with Crippen LogP contribution in [0.4, 0.5) is 13.2 Å². The predicted molar refractivity (Wildman–Crippen MR) is 41.3 cm³/mol. The van der Waals surface area contributed by atoms with Gasteiger partial charge in [0, 0.05) is 6.07 Å². The van der Waals surface area contributed by atoms with E-state index in [1.807, 2.05) is 0 Å². The summed E-state index contributed by atoms with van der Waals surface area (Å²) in [6.45, 7) is 1.01. The molecule has 1 aromatic rings. The van der Waals surface area contributed by atoms with Crippen molar-refractivity contribution in [3.63, 3.8) is 0 Å². The first-order chi connectivity index (χ1) is 6.02. The highest BCUT2D eigenvalue weighted by Gasteiger charge is 2.17. The zero-order valence-corrected chi connectivity index (χ0v) is 6.85. The fourth-order valence-corrected chi connectivity index (χ4v) is 0.904. The van der Waals surface area contributed by atoms with E-state index in [9.17, 15) is 18.0 Å². The lowest BCUT2D eigenvalue weighted by atomic mass is 10.1. The molecule has 1 nitrogen and oxygen atoms in total. The van der Waals surface area contributed by atoms with E-state index in [-0.39, 0.29) is 0 Å². The smallest absolute Gasteiger partial charge is 0.199 e. The first-order valence-electron chi connectivity index (χ1n) is 3.65. The van der Waals surface area contributed by atoms with E-state index in [4.69, 9.17) is 0 Å². The highest BCUT2D eigenvalue weighted by Crippen LogP contribution is 2.12.